The molecule has 0 unspecified atom stereocenters. The van der Waals surface area contributed by atoms with Crippen molar-refractivity contribution in [1.29, 1.82) is 5.26 Å². The molecule has 2 aromatic heterocycles. The van der Waals surface area contributed by atoms with Crippen LogP contribution in [0.5, 0.6) is 5.88 Å². The van der Waals surface area contributed by atoms with Gasteiger partial charge < -0.3 is 31.2 Å². The molecule has 140 valence electrons. The number of benzene rings is 1. The average Bonchev–Trinajstić information content (AvgIpc) is 3.02. The van der Waals surface area contributed by atoms with Crippen molar-refractivity contribution in [2.45, 2.75) is 13.0 Å². The number of nitrogens with one attached hydrogen (secondary N) is 3. The molecular formula is C19H22N6O2. The van der Waals surface area contributed by atoms with Gasteiger partial charge in [-0.2, -0.15) is 5.26 Å². The van der Waals surface area contributed by atoms with E-state index >= 15 is 0 Å². The van der Waals surface area contributed by atoms with Crippen LogP contribution >= 0.6 is 0 Å². The third kappa shape index (κ3) is 3.95. The molecule has 0 saturated carbocycles. The van der Waals surface area contributed by atoms with Gasteiger partial charge in [0.1, 0.15) is 23.3 Å². The maximum Gasteiger partial charge on any atom is 0.200 e. The topological polar surface area (TPSA) is 132 Å². The number of aromatic amines is 1. The van der Waals surface area contributed by atoms with Crippen LogP contribution in [-0.2, 0) is 4.74 Å². The lowest BCUT2D eigenvalue weighted by Gasteiger charge is -2.15. The smallest absolute Gasteiger partial charge is 0.200 e. The fourth-order valence-corrected chi connectivity index (χ4v) is 2.89. The number of anilines is 3. The predicted molar refractivity (Wildman–Crippen MR) is 105 cm³/mol. The highest BCUT2D eigenvalue weighted by Gasteiger charge is 2.19. The van der Waals surface area contributed by atoms with E-state index in [0.717, 1.165) is 11.3 Å². The molecule has 0 saturated heterocycles. The van der Waals surface area contributed by atoms with Crippen molar-refractivity contribution in [2.75, 3.05) is 30.9 Å². The van der Waals surface area contributed by atoms with Gasteiger partial charge in [-0.1, -0.05) is 12.1 Å². The summed E-state index contributed by atoms with van der Waals surface area (Å²) in [5.41, 5.74) is 8.21. The maximum absolute atomic E-state index is 10.2. The third-order valence-electron chi connectivity index (χ3n) is 4.13. The number of fused-ring (bicyclic) bond motifs is 1. The van der Waals surface area contributed by atoms with Gasteiger partial charge in [0.2, 0.25) is 0 Å². The van der Waals surface area contributed by atoms with Crippen LogP contribution in [-0.4, -0.2) is 41.4 Å². The molecule has 8 heteroatoms. The molecule has 27 heavy (non-hydrogen) atoms. The number of hydrogen-bond acceptors (Lipinski definition) is 7. The molecule has 3 aromatic rings. The Morgan fingerprint density at radius 3 is 2.93 bits per heavy atom. The summed E-state index contributed by atoms with van der Waals surface area (Å²) >= 11 is 0. The number of H-pyrrole nitrogens is 1. The van der Waals surface area contributed by atoms with Crippen LogP contribution in [0.15, 0.2) is 30.5 Å². The number of rotatable bonds is 7. The molecule has 0 bridgehead atoms. The fraction of sp³-hybridized carbons (Fsp3) is 0.263. The van der Waals surface area contributed by atoms with Crippen LogP contribution in [0, 0.1) is 18.3 Å². The lowest BCUT2D eigenvalue weighted by atomic mass is 10.1. The highest BCUT2D eigenvalue weighted by Crippen LogP contribution is 2.36. The number of aromatic hydroxyl groups is 1. The van der Waals surface area contributed by atoms with E-state index in [0.29, 0.717) is 41.1 Å². The van der Waals surface area contributed by atoms with Crippen LogP contribution in [0.1, 0.15) is 11.1 Å². The second kappa shape index (κ2) is 7.95. The Kier molecular flexibility index (Phi) is 5.45. The number of pyridine rings is 1. The lowest BCUT2D eigenvalue weighted by molar-refractivity contribution is 0.183. The van der Waals surface area contributed by atoms with E-state index in [1.54, 1.807) is 13.3 Å². The SMILES string of the molecule is COC[C@H](N)CNc1nc(Nc2cccc(C)c2)c2c(O)[nH]cc2c1C#N. The van der Waals surface area contributed by atoms with E-state index in [-0.39, 0.29) is 11.9 Å². The number of methoxy groups -OCH3 is 1. The van der Waals surface area contributed by atoms with Gasteiger partial charge >= 0.3 is 0 Å². The summed E-state index contributed by atoms with van der Waals surface area (Å²) in [6.45, 7) is 2.77. The van der Waals surface area contributed by atoms with E-state index in [2.05, 4.69) is 26.7 Å². The molecule has 0 aliphatic heterocycles. The van der Waals surface area contributed by atoms with Gasteiger partial charge in [-0.3, -0.25) is 0 Å². The van der Waals surface area contributed by atoms with E-state index in [1.807, 2.05) is 31.2 Å². The molecule has 1 aromatic carbocycles. The number of hydrogen-bond donors (Lipinski definition) is 5. The Hall–Kier alpha value is -3.28. The first-order valence-corrected chi connectivity index (χ1v) is 8.49. The summed E-state index contributed by atoms with van der Waals surface area (Å²) in [7, 11) is 1.58. The minimum Gasteiger partial charge on any atom is -0.494 e. The first kappa shape index (κ1) is 18.5. The van der Waals surface area contributed by atoms with Crippen molar-refractivity contribution in [3.05, 3.63) is 41.6 Å². The highest BCUT2D eigenvalue weighted by atomic mass is 16.5. The van der Waals surface area contributed by atoms with Crippen LogP contribution < -0.4 is 16.4 Å². The fourth-order valence-electron chi connectivity index (χ4n) is 2.89. The van der Waals surface area contributed by atoms with Crippen LogP contribution in [0.3, 0.4) is 0 Å². The van der Waals surface area contributed by atoms with E-state index in [4.69, 9.17) is 10.5 Å². The maximum atomic E-state index is 10.2. The molecule has 0 fully saturated rings. The van der Waals surface area contributed by atoms with Crippen molar-refractivity contribution in [3.8, 4) is 11.9 Å². The number of ether oxygens (including phenoxy) is 1. The van der Waals surface area contributed by atoms with E-state index in [9.17, 15) is 10.4 Å². The molecule has 0 radical (unpaired) electrons. The Balaban J connectivity index is 2.03. The Morgan fingerprint density at radius 2 is 2.22 bits per heavy atom. The van der Waals surface area contributed by atoms with Gasteiger partial charge in [0.25, 0.3) is 0 Å². The zero-order chi connectivity index (χ0) is 19.4. The standard InChI is InChI=1S/C19H22N6O2/c1-11-4-3-5-13(6-11)24-18-16-15(9-23-19(16)26)14(7-20)17(25-18)22-8-12(21)10-27-2/h3-6,9,12,22-23,26H,8,10,21H2,1-2H3,(H,24,25)/t12-/m1/s1. The number of aromatic nitrogens is 2. The molecule has 6 N–H and O–H groups in total. The van der Waals surface area contributed by atoms with E-state index in [1.165, 1.54) is 0 Å². The number of nitriles is 1. The molecule has 2 heterocycles. The van der Waals surface area contributed by atoms with Gasteiger partial charge in [-0.15, -0.1) is 0 Å². The van der Waals surface area contributed by atoms with Crippen molar-refractivity contribution in [1.82, 2.24) is 9.97 Å². The van der Waals surface area contributed by atoms with Crippen molar-refractivity contribution in [3.63, 3.8) is 0 Å². The molecule has 0 aliphatic rings. The van der Waals surface area contributed by atoms with Crippen molar-refractivity contribution < 1.29 is 9.84 Å². The molecule has 0 amide bonds. The number of aryl methyl sites for hydroxylation is 1. The van der Waals surface area contributed by atoms with Crippen LogP contribution in [0.25, 0.3) is 10.8 Å². The molecular weight excluding hydrogens is 344 g/mol. The third-order valence-corrected chi connectivity index (χ3v) is 4.13. The minimum absolute atomic E-state index is 0.0493. The van der Waals surface area contributed by atoms with Gasteiger partial charge in [0.05, 0.1) is 12.0 Å². The molecule has 0 spiro atoms. The van der Waals surface area contributed by atoms with Gasteiger partial charge in [0.15, 0.2) is 5.88 Å². The van der Waals surface area contributed by atoms with Gasteiger partial charge in [0, 0.05) is 37.0 Å². The van der Waals surface area contributed by atoms with E-state index < -0.39 is 0 Å². The molecule has 8 nitrogen and oxygen atoms in total. The normalized spacial score (nSPS) is 11.9. The summed E-state index contributed by atoms with van der Waals surface area (Å²) in [6, 6.07) is 9.70. The Bertz CT molecular complexity index is 992. The number of nitrogens with two attached hydrogens (primary N) is 1. The minimum atomic E-state index is -0.244. The average molecular weight is 366 g/mol. The quantitative estimate of drug-likeness (QED) is 0.434. The zero-order valence-electron chi connectivity index (χ0n) is 15.2. The summed E-state index contributed by atoms with van der Waals surface area (Å²) < 4.78 is 5.04. The summed E-state index contributed by atoms with van der Waals surface area (Å²) in [5, 5.41) is 27.2. The number of nitrogens with zero attached hydrogens (tertiary/aromatic N) is 2. The summed E-state index contributed by atoms with van der Waals surface area (Å²) in [5.74, 6) is 0.786. The highest BCUT2D eigenvalue weighted by molar-refractivity contribution is 6.03. The molecule has 3 rings (SSSR count). The monoisotopic (exact) mass is 366 g/mol. The Labute approximate surface area is 157 Å². The van der Waals surface area contributed by atoms with Crippen LogP contribution in [0.4, 0.5) is 17.3 Å². The summed E-state index contributed by atoms with van der Waals surface area (Å²) in [4.78, 5) is 7.29. The first-order valence-electron chi connectivity index (χ1n) is 8.49. The van der Waals surface area contributed by atoms with Crippen molar-refractivity contribution in [2.24, 2.45) is 5.73 Å². The second-order valence-electron chi connectivity index (χ2n) is 6.31. The molecule has 1 atom stereocenters. The predicted octanol–water partition coefficient (Wildman–Crippen LogP) is 2.58. The molecule has 0 aliphatic carbocycles. The zero-order valence-corrected chi connectivity index (χ0v) is 15.2. The van der Waals surface area contributed by atoms with Gasteiger partial charge in [-0.05, 0) is 24.6 Å². The van der Waals surface area contributed by atoms with Crippen molar-refractivity contribution >= 4 is 28.1 Å². The first-order chi connectivity index (χ1) is 13.0. The lowest BCUT2D eigenvalue weighted by Crippen LogP contribution is -2.33. The van der Waals surface area contributed by atoms with Gasteiger partial charge in [-0.25, -0.2) is 4.98 Å². The van der Waals surface area contributed by atoms with Crippen LogP contribution in [0.2, 0.25) is 0 Å². The summed E-state index contributed by atoms with van der Waals surface area (Å²) in [6.07, 6.45) is 1.59. The second-order valence-corrected chi connectivity index (χ2v) is 6.31. The Morgan fingerprint density at radius 1 is 1.41 bits per heavy atom. The largest absolute Gasteiger partial charge is 0.494 e.